The topological polar surface area (TPSA) is 130 Å². The smallest absolute Gasteiger partial charge is 0.320 e. The number of nitrogen functional groups attached to an aromatic ring is 1. The average Bonchev–Trinajstić information content (AvgIpc) is 3.36. The number of rotatable bonds is 6. The van der Waals surface area contributed by atoms with Crippen LogP contribution in [-0.4, -0.2) is 79.4 Å². The first-order valence-corrected chi connectivity index (χ1v) is 14.4. The second kappa shape index (κ2) is 8.44. The van der Waals surface area contributed by atoms with Crippen molar-refractivity contribution in [1.29, 1.82) is 10.5 Å². The Balaban J connectivity index is 1.23. The first-order valence-electron chi connectivity index (χ1n) is 13.5. The number of thiophene rings is 1. The van der Waals surface area contributed by atoms with Crippen molar-refractivity contribution in [2.24, 2.45) is 0 Å². The lowest BCUT2D eigenvalue weighted by molar-refractivity contribution is 0.158. The maximum atomic E-state index is 10.4. The van der Waals surface area contributed by atoms with Crippen LogP contribution < -0.4 is 25.6 Å². The molecule has 7 rings (SSSR count). The van der Waals surface area contributed by atoms with Gasteiger partial charge in [-0.3, -0.25) is 0 Å². The number of nitrogens with one attached hydrogen (secondary N) is 1. The molecule has 3 N–H and O–H groups in total. The van der Waals surface area contributed by atoms with Crippen molar-refractivity contribution in [2.45, 2.75) is 61.6 Å². The van der Waals surface area contributed by atoms with Gasteiger partial charge in [-0.15, -0.1) is 11.3 Å². The van der Waals surface area contributed by atoms with Crippen LogP contribution in [0.5, 0.6) is 6.01 Å². The van der Waals surface area contributed by atoms with E-state index in [2.05, 4.69) is 46.3 Å². The number of nitrogens with two attached hydrogens (primary N) is 1. The first-order chi connectivity index (χ1) is 18.3. The third-order valence-corrected chi connectivity index (χ3v) is 10.6. The van der Waals surface area contributed by atoms with Crippen LogP contribution in [0.3, 0.4) is 0 Å². The van der Waals surface area contributed by atoms with E-state index in [-0.39, 0.29) is 11.0 Å². The summed E-state index contributed by atoms with van der Waals surface area (Å²) in [7, 11) is 4.18. The lowest BCUT2D eigenvalue weighted by Crippen LogP contribution is -2.59. The van der Waals surface area contributed by atoms with E-state index < -0.39 is 0 Å². The van der Waals surface area contributed by atoms with E-state index in [1.54, 1.807) is 11.3 Å². The SMILES string of the molecule is CN(C)C1(COc2nc(N3C[C@H]4CC[C@@H](C3)N4)c(C#N)c(N3CC4(CCc5sc(N)c(C#N)c54)C3)n2)CC1. The predicted molar refractivity (Wildman–Crippen MR) is 146 cm³/mol. The number of fused-ring (bicyclic) bond motifs is 4. The summed E-state index contributed by atoms with van der Waals surface area (Å²) in [6, 6.07) is 5.99. The number of anilines is 3. The van der Waals surface area contributed by atoms with E-state index in [0.717, 1.165) is 57.2 Å². The molecule has 5 heterocycles. The summed E-state index contributed by atoms with van der Waals surface area (Å²) in [5.74, 6) is 1.33. The molecule has 1 saturated carbocycles. The molecule has 11 heteroatoms. The highest BCUT2D eigenvalue weighted by Gasteiger charge is 2.52. The molecule has 10 nitrogen and oxygen atoms in total. The van der Waals surface area contributed by atoms with Gasteiger partial charge in [-0.2, -0.15) is 20.5 Å². The highest BCUT2D eigenvalue weighted by atomic mass is 32.1. The van der Waals surface area contributed by atoms with Crippen LogP contribution in [0.25, 0.3) is 0 Å². The predicted octanol–water partition coefficient (Wildman–Crippen LogP) is 1.98. The second-order valence-corrected chi connectivity index (χ2v) is 13.1. The quantitative estimate of drug-likeness (QED) is 0.571. The molecule has 3 aliphatic heterocycles. The normalized spacial score (nSPS) is 25.7. The molecule has 2 aromatic rings. The van der Waals surface area contributed by atoms with E-state index in [1.165, 1.54) is 4.88 Å². The van der Waals surface area contributed by atoms with Crippen LogP contribution in [0.15, 0.2) is 0 Å². The van der Waals surface area contributed by atoms with Crippen molar-refractivity contribution in [3.05, 3.63) is 21.6 Å². The summed E-state index contributed by atoms with van der Waals surface area (Å²) >= 11 is 1.55. The number of hydrogen-bond donors (Lipinski definition) is 2. The van der Waals surface area contributed by atoms with Gasteiger partial charge in [0.25, 0.3) is 0 Å². The van der Waals surface area contributed by atoms with E-state index in [1.807, 2.05) is 0 Å². The number of aryl methyl sites for hydroxylation is 1. The molecule has 3 saturated heterocycles. The third kappa shape index (κ3) is 3.56. The molecular weight excluding hydrogens is 498 g/mol. The van der Waals surface area contributed by atoms with Crippen molar-refractivity contribution in [2.75, 3.05) is 62.4 Å². The third-order valence-electron chi connectivity index (χ3n) is 9.49. The van der Waals surface area contributed by atoms with Crippen molar-refractivity contribution in [1.82, 2.24) is 20.2 Å². The van der Waals surface area contributed by atoms with Gasteiger partial charge >= 0.3 is 6.01 Å². The summed E-state index contributed by atoms with van der Waals surface area (Å²) in [4.78, 5) is 17.6. The van der Waals surface area contributed by atoms with Gasteiger partial charge in [0.05, 0.1) is 11.1 Å². The highest BCUT2D eigenvalue weighted by Crippen LogP contribution is 2.53. The summed E-state index contributed by atoms with van der Waals surface area (Å²) < 4.78 is 6.27. The molecule has 0 unspecified atom stereocenters. The minimum Gasteiger partial charge on any atom is -0.461 e. The zero-order valence-electron chi connectivity index (χ0n) is 22.0. The van der Waals surface area contributed by atoms with Crippen LogP contribution in [0.4, 0.5) is 16.6 Å². The number of hydrogen-bond acceptors (Lipinski definition) is 11. The fraction of sp³-hybridized carbons (Fsp3) is 0.630. The fourth-order valence-corrected chi connectivity index (χ4v) is 8.19. The molecule has 2 atom stereocenters. The Hall–Kier alpha value is -3.12. The summed E-state index contributed by atoms with van der Waals surface area (Å²) in [5, 5.41) is 24.5. The number of nitriles is 2. The van der Waals surface area contributed by atoms with Gasteiger partial charge in [-0.25, -0.2) is 0 Å². The molecule has 2 aromatic heterocycles. The van der Waals surface area contributed by atoms with Crippen molar-refractivity contribution < 1.29 is 4.74 Å². The van der Waals surface area contributed by atoms with Gasteiger partial charge < -0.3 is 30.5 Å². The Labute approximate surface area is 227 Å². The van der Waals surface area contributed by atoms with Gasteiger partial charge in [0.1, 0.15) is 29.3 Å². The van der Waals surface area contributed by atoms with Gasteiger partial charge in [0, 0.05) is 48.6 Å². The zero-order valence-corrected chi connectivity index (χ0v) is 22.8. The lowest BCUT2D eigenvalue weighted by atomic mass is 9.74. The number of ether oxygens (including phenoxy) is 1. The van der Waals surface area contributed by atoms with Crippen LogP contribution >= 0.6 is 11.3 Å². The van der Waals surface area contributed by atoms with Gasteiger partial charge in [-0.1, -0.05) is 0 Å². The van der Waals surface area contributed by atoms with Crippen molar-refractivity contribution >= 4 is 28.0 Å². The molecule has 5 aliphatic rings. The molecule has 0 amide bonds. The van der Waals surface area contributed by atoms with Gasteiger partial charge in [-0.05, 0) is 58.2 Å². The maximum absolute atomic E-state index is 10.4. The van der Waals surface area contributed by atoms with Crippen LogP contribution in [0.2, 0.25) is 0 Å². The van der Waals surface area contributed by atoms with Crippen LogP contribution in [0.1, 0.15) is 53.7 Å². The molecule has 2 bridgehead atoms. The second-order valence-electron chi connectivity index (χ2n) is 12.0. The Bertz CT molecular complexity index is 1370. The molecule has 198 valence electrons. The van der Waals surface area contributed by atoms with Crippen molar-refractivity contribution in [3.63, 3.8) is 0 Å². The Morgan fingerprint density at radius 1 is 1.05 bits per heavy atom. The molecule has 38 heavy (non-hydrogen) atoms. The Morgan fingerprint density at radius 2 is 1.71 bits per heavy atom. The van der Waals surface area contributed by atoms with Crippen molar-refractivity contribution in [3.8, 4) is 18.1 Å². The monoisotopic (exact) mass is 531 g/mol. The number of piperazine rings is 1. The molecule has 4 fully saturated rings. The van der Waals surface area contributed by atoms with Crippen LogP contribution in [0, 0.1) is 22.7 Å². The number of nitrogens with zero attached hydrogens (tertiary/aromatic N) is 7. The molecule has 1 spiro atoms. The minimum absolute atomic E-state index is 0.0410. The first kappa shape index (κ1) is 24.0. The number of aromatic nitrogens is 2. The van der Waals surface area contributed by atoms with Crippen LogP contribution in [-0.2, 0) is 11.8 Å². The standard InChI is InChI=1S/C27H33N9OS/c1-34(2)27(7-8-27)15-37-25-32-23(35-11-16-3-4-17(12-35)31-16)19(10-29)24(33-25)36-13-26(14-36)6-5-20-21(26)18(9-28)22(30)38-20/h16-17,31H,3-8,11-15,30H2,1-2H3/t16-,17+. The summed E-state index contributed by atoms with van der Waals surface area (Å²) in [5.41, 5.74) is 8.41. The van der Waals surface area contributed by atoms with E-state index in [9.17, 15) is 10.5 Å². The van der Waals surface area contributed by atoms with E-state index in [0.29, 0.717) is 65.6 Å². The molecule has 0 radical (unpaired) electrons. The Morgan fingerprint density at radius 3 is 2.32 bits per heavy atom. The maximum Gasteiger partial charge on any atom is 0.320 e. The zero-order chi connectivity index (χ0) is 26.2. The molecule has 2 aliphatic carbocycles. The summed E-state index contributed by atoms with van der Waals surface area (Å²) in [6.45, 7) is 3.61. The number of likely N-dealkylation sites (N-methyl/N-ethyl adjacent to an activating group) is 1. The average molecular weight is 532 g/mol. The largest absolute Gasteiger partial charge is 0.461 e. The lowest BCUT2D eigenvalue weighted by Gasteiger charge is -2.49. The molecule has 0 aromatic carbocycles. The van der Waals surface area contributed by atoms with E-state index >= 15 is 0 Å². The van der Waals surface area contributed by atoms with Gasteiger partial charge in [0.2, 0.25) is 0 Å². The summed E-state index contributed by atoms with van der Waals surface area (Å²) in [6.07, 6.45) is 6.44. The van der Waals surface area contributed by atoms with E-state index in [4.69, 9.17) is 20.4 Å². The van der Waals surface area contributed by atoms with Gasteiger partial charge in [0.15, 0.2) is 11.6 Å². The Kier molecular flexibility index (Phi) is 5.32. The molecular formula is C27H33N9OS. The fourth-order valence-electron chi connectivity index (χ4n) is 7.05. The minimum atomic E-state index is -0.107. The highest BCUT2D eigenvalue weighted by molar-refractivity contribution is 7.16.